The van der Waals surface area contributed by atoms with Crippen LogP contribution in [-0.4, -0.2) is 57.4 Å². The Balaban J connectivity index is 0.00000320. The third kappa shape index (κ3) is 7.02. The Labute approximate surface area is 196 Å². The van der Waals surface area contributed by atoms with Gasteiger partial charge in [-0.2, -0.15) is 0 Å². The van der Waals surface area contributed by atoms with Crippen molar-refractivity contribution in [1.29, 1.82) is 0 Å². The van der Waals surface area contributed by atoms with E-state index < -0.39 is 0 Å². The van der Waals surface area contributed by atoms with E-state index in [1.165, 1.54) is 11.1 Å². The number of anilines is 1. The van der Waals surface area contributed by atoms with Crippen LogP contribution in [0.15, 0.2) is 47.6 Å². The summed E-state index contributed by atoms with van der Waals surface area (Å²) >= 11 is 0. The molecule has 1 unspecified atom stereocenters. The molecule has 8 heteroatoms. The fourth-order valence-electron chi connectivity index (χ4n) is 3.40. The summed E-state index contributed by atoms with van der Waals surface area (Å²) in [5.74, 6) is 2.69. The summed E-state index contributed by atoms with van der Waals surface area (Å²) < 4.78 is 11.0. The van der Waals surface area contributed by atoms with Gasteiger partial charge in [-0.25, -0.2) is 4.98 Å². The van der Waals surface area contributed by atoms with Crippen LogP contribution in [0.5, 0.6) is 5.75 Å². The standard InChI is InChI=1S/C22H31N5O2.HI/c1-17-16-27(12-13-29-17)21-14-18(8-10-24-21)15-26-22(23-2)25-11-9-19-6-4-5-7-20(19)28-3;/h4-8,10,14,17H,9,11-13,15-16H2,1-3H3,(H2,23,25,26);1H. The zero-order valence-corrected chi connectivity index (χ0v) is 20.3. The molecule has 2 N–H and O–H groups in total. The van der Waals surface area contributed by atoms with Crippen LogP contribution in [0, 0.1) is 0 Å². The molecule has 0 spiro atoms. The minimum atomic E-state index is 0. The topological polar surface area (TPSA) is 71.0 Å². The van der Waals surface area contributed by atoms with E-state index in [-0.39, 0.29) is 30.1 Å². The highest BCUT2D eigenvalue weighted by Crippen LogP contribution is 2.18. The Kier molecular flexibility index (Phi) is 10.2. The minimum Gasteiger partial charge on any atom is -0.496 e. The average molecular weight is 525 g/mol. The Bertz CT molecular complexity index is 818. The van der Waals surface area contributed by atoms with Crippen LogP contribution in [0.4, 0.5) is 5.82 Å². The highest BCUT2D eigenvalue weighted by atomic mass is 127. The van der Waals surface area contributed by atoms with Gasteiger partial charge in [-0.1, -0.05) is 18.2 Å². The molecule has 1 aromatic carbocycles. The van der Waals surface area contributed by atoms with Gasteiger partial charge < -0.3 is 25.0 Å². The summed E-state index contributed by atoms with van der Waals surface area (Å²) in [6, 6.07) is 12.2. The molecule has 1 aliphatic rings. The number of hydrogen-bond donors (Lipinski definition) is 2. The lowest BCUT2D eigenvalue weighted by Crippen LogP contribution is -2.41. The number of aromatic nitrogens is 1. The van der Waals surface area contributed by atoms with Crippen LogP contribution in [0.3, 0.4) is 0 Å². The van der Waals surface area contributed by atoms with Crippen LogP contribution in [0.25, 0.3) is 0 Å². The smallest absolute Gasteiger partial charge is 0.191 e. The molecule has 2 heterocycles. The van der Waals surface area contributed by atoms with Crippen molar-refractivity contribution in [3.8, 4) is 5.75 Å². The van der Waals surface area contributed by atoms with E-state index in [0.29, 0.717) is 6.54 Å². The number of nitrogens with one attached hydrogen (secondary N) is 2. The number of pyridine rings is 1. The number of benzene rings is 1. The van der Waals surface area contributed by atoms with Gasteiger partial charge in [0.15, 0.2) is 5.96 Å². The molecule has 1 atom stereocenters. The van der Waals surface area contributed by atoms with Crippen LogP contribution < -0.4 is 20.3 Å². The van der Waals surface area contributed by atoms with Gasteiger partial charge in [0.25, 0.3) is 0 Å². The Morgan fingerprint density at radius 2 is 2.13 bits per heavy atom. The first-order valence-electron chi connectivity index (χ1n) is 10.1. The first kappa shape index (κ1) is 24.2. The summed E-state index contributed by atoms with van der Waals surface area (Å²) in [4.78, 5) is 11.1. The summed E-state index contributed by atoms with van der Waals surface area (Å²) in [6.07, 6.45) is 2.96. The van der Waals surface area contributed by atoms with Gasteiger partial charge in [0.1, 0.15) is 11.6 Å². The molecule has 0 radical (unpaired) electrons. The highest BCUT2D eigenvalue weighted by Gasteiger charge is 2.18. The van der Waals surface area contributed by atoms with Crippen molar-refractivity contribution < 1.29 is 9.47 Å². The van der Waals surface area contributed by atoms with Crippen molar-refractivity contribution in [3.05, 3.63) is 53.7 Å². The first-order chi connectivity index (χ1) is 14.2. The Morgan fingerprint density at radius 1 is 1.30 bits per heavy atom. The van der Waals surface area contributed by atoms with Crippen LogP contribution in [0.2, 0.25) is 0 Å². The van der Waals surface area contributed by atoms with E-state index in [1.807, 2.05) is 30.5 Å². The van der Waals surface area contributed by atoms with Gasteiger partial charge >= 0.3 is 0 Å². The van der Waals surface area contributed by atoms with Gasteiger partial charge in [-0.15, -0.1) is 24.0 Å². The zero-order chi connectivity index (χ0) is 20.5. The molecule has 2 aromatic rings. The predicted molar refractivity (Wildman–Crippen MR) is 132 cm³/mol. The van der Waals surface area contributed by atoms with Gasteiger partial charge in [0, 0.05) is 39.4 Å². The second-order valence-corrected chi connectivity index (χ2v) is 7.06. The van der Waals surface area contributed by atoms with Gasteiger partial charge in [-0.3, -0.25) is 4.99 Å². The van der Waals surface area contributed by atoms with Crippen LogP contribution >= 0.6 is 24.0 Å². The molecular formula is C22H32IN5O2. The normalized spacial score (nSPS) is 16.6. The van der Waals surface area contributed by atoms with E-state index in [0.717, 1.165) is 50.2 Å². The number of guanidine groups is 1. The fourth-order valence-corrected chi connectivity index (χ4v) is 3.40. The van der Waals surface area contributed by atoms with Crippen LogP contribution in [-0.2, 0) is 17.7 Å². The van der Waals surface area contributed by atoms with E-state index in [4.69, 9.17) is 9.47 Å². The second-order valence-electron chi connectivity index (χ2n) is 7.06. The number of rotatable bonds is 7. The number of aliphatic imine (C=N–C) groups is 1. The maximum Gasteiger partial charge on any atom is 0.191 e. The molecule has 1 aromatic heterocycles. The number of para-hydroxylation sites is 1. The molecule has 7 nitrogen and oxygen atoms in total. The van der Waals surface area contributed by atoms with Crippen molar-refractivity contribution >= 4 is 35.8 Å². The molecule has 1 fully saturated rings. The Morgan fingerprint density at radius 3 is 2.90 bits per heavy atom. The Hall–Kier alpha value is -2.07. The summed E-state index contributed by atoms with van der Waals surface area (Å²) in [5.41, 5.74) is 2.35. The highest BCUT2D eigenvalue weighted by molar-refractivity contribution is 14.0. The molecular weight excluding hydrogens is 493 g/mol. The molecule has 0 bridgehead atoms. The fraction of sp³-hybridized carbons (Fsp3) is 0.455. The molecule has 1 aliphatic heterocycles. The third-order valence-corrected chi connectivity index (χ3v) is 4.94. The predicted octanol–water partition coefficient (Wildman–Crippen LogP) is 2.84. The van der Waals surface area contributed by atoms with Gasteiger partial charge in [0.05, 0.1) is 19.8 Å². The van der Waals surface area contributed by atoms with E-state index in [2.05, 4.69) is 44.6 Å². The maximum absolute atomic E-state index is 5.62. The molecule has 0 amide bonds. The maximum atomic E-state index is 5.62. The summed E-state index contributed by atoms with van der Waals surface area (Å²) in [7, 11) is 3.48. The van der Waals surface area contributed by atoms with E-state index in [9.17, 15) is 0 Å². The summed E-state index contributed by atoms with van der Waals surface area (Å²) in [5, 5.41) is 6.74. The number of hydrogen-bond acceptors (Lipinski definition) is 5. The van der Waals surface area contributed by atoms with E-state index in [1.54, 1.807) is 14.2 Å². The molecule has 0 saturated carbocycles. The third-order valence-electron chi connectivity index (χ3n) is 4.94. The number of ether oxygens (including phenoxy) is 2. The SMILES string of the molecule is CN=C(NCCc1ccccc1OC)NCc1ccnc(N2CCOC(C)C2)c1.I. The molecule has 0 aliphatic carbocycles. The lowest BCUT2D eigenvalue weighted by molar-refractivity contribution is 0.0529. The lowest BCUT2D eigenvalue weighted by atomic mass is 10.1. The van der Waals surface area contributed by atoms with E-state index >= 15 is 0 Å². The number of morpholine rings is 1. The average Bonchev–Trinajstić information content (AvgIpc) is 2.76. The van der Waals surface area contributed by atoms with Crippen molar-refractivity contribution in [2.45, 2.75) is 26.0 Å². The van der Waals surface area contributed by atoms with Crippen molar-refractivity contribution in [3.63, 3.8) is 0 Å². The van der Waals surface area contributed by atoms with Gasteiger partial charge in [0.2, 0.25) is 0 Å². The molecule has 3 rings (SSSR count). The minimum absolute atomic E-state index is 0. The number of nitrogens with zero attached hydrogens (tertiary/aromatic N) is 3. The number of halogens is 1. The largest absolute Gasteiger partial charge is 0.496 e. The molecule has 1 saturated heterocycles. The van der Waals surface area contributed by atoms with Crippen molar-refractivity contribution in [2.75, 3.05) is 45.3 Å². The molecule has 164 valence electrons. The first-order valence-corrected chi connectivity index (χ1v) is 10.1. The van der Waals surface area contributed by atoms with Crippen molar-refractivity contribution in [2.24, 2.45) is 4.99 Å². The quantitative estimate of drug-likeness (QED) is 0.329. The number of methoxy groups -OCH3 is 1. The van der Waals surface area contributed by atoms with Gasteiger partial charge in [-0.05, 0) is 42.7 Å². The lowest BCUT2D eigenvalue weighted by Gasteiger charge is -2.32. The van der Waals surface area contributed by atoms with Crippen molar-refractivity contribution in [1.82, 2.24) is 15.6 Å². The summed E-state index contributed by atoms with van der Waals surface area (Å²) in [6.45, 7) is 6.04. The van der Waals surface area contributed by atoms with Crippen LogP contribution in [0.1, 0.15) is 18.1 Å². The second kappa shape index (κ2) is 12.6. The molecule has 30 heavy (non-hydrogen) atoms. The monoisotopic (exact) mass is 525 g/mol. The zero-order valence-electron chi connectivity index (χ0n) is 17.9.